The lowest BCUT2D eigenvalue weighted by atomic mass is 10.2. The molecule has 0 fully saturated rings. The predicted octanol–water partition coefficient (Wildman–Crippen LogP) is 4.36. The van der Waals surface area contributed by atoms with Crippen LogP contribution in [0.4, 0.5) is 5.13 Å². The Bertz CT molecular complexity index is 887. The van der Waals surface area contributed by atoms with Crippen LogP contribution in [0.15, 0.2) is 47.2 Å². The first-order valence-electron chi connectivity index (χ1n) is 7.61. The maximum absolute atomic E-state index is 12.2. The lowest BCUT2D eigenvalue weighted by molar-refractivity contribution is -0.123. The molecule has 0 aliphatic rings. The highest BCUT2D eigenvalue weighted by molar-refractivity contribution is 7.14. The average Bonchev–Trinajstić information content (AvgIpc) is 3.24. The van der Waals surface area contributed by atoms with Crippen molar-refractivity contribution in [2.45, 2.75) is 20.0 Å². The van der Waals surface area contributed by atoms with Gasteiger partial charge in [-0.2, -0.15) is 0 Å². The van der Waals surface area contributed by atoms with Crippen LogP contribution in [0.1, 0.15) is 22.2 Å². The molecule has 0 bridgehead atoms. The summed E-state index contributed by atoms with van der Waals surface area (Å²) >= 11 is 2.63. The predicted molar refractivity (Wildman–Crippen MR) is 100 cm³/mol. The third-order valence-electron chi connectivity index (χ3n) is 3.50. The molecule has 0 aliphatic carbocycles. The van der Waals surface area contributed by atoms with Gasteiger partial charge in [0.05, 0.1) is 5.69 Å². The molecular formula is C18H16N2O3S2. The van der Waals surface area contributed by atoms with Crippen LogP contribution >= 0.6 is 22.7 Å². The summed E-state index contributed by atoms with van der Waals surface area (Å²) in [7, 11) is 0. The number of carbonyl (C=O) groups is 2. The maximum Gasteiger partial charge on any atom is 0.349 e. The first-order valence-corrected chi connectivity index (χ1v) is 9.37. The molecule has 25 heavy (non-hydrogen) atoms. The Morgan fingerprint density at radius 1 is 1.16 bits per heavy atom. The number of nitrogens with one attached hydrogen (secondary N) is 1. The van der Waals surface area contributed by atoms with E-state index < -0.39 is 18.0 Å². The second-order valence-electron chi connectivity index (χ2n) is 5.37. The fourth-order valence-electron chi connectivity index (χ4n) is 2.13. The third kappa shape index (κ3) is 4.12. The zero-order chi connectivity index (χ0) is 17.8. The Kier molecular flexibility index (Phi) is 5.25. The number of hydrogen-bond acceptors (Lipinski definition) is 6. The monoisotopic (exact) mass is 372 g/mol. The van der Waals surface area contributed by atoms with Gasteiger partial charge in [0.15, 0.2) is 11.2 Å². The molecule has 3 aromatic rings. The normalized spacial score (nSPS) is 11.8. The van der Waals surface area contributed by atoms with E-state index in [4.69, 9.17) is 4.74 Å². The summed E-state index contributed by atoms with van der Waals surface area (Å²) in [5.74, 6) is -0.893. The largest absolute Gasteiger partial charge is 0.448 e. The molecule has 1 atom stereocenters. The summed E-state index contributed by atoms with van der Waals surface area (Å²) in [6, 6.07) is 11.5. The number of hydrogen-bond donors (Lipinski definition) is 1. The van der Waals surface area contributed by atoms with Crippen molar-refractivity contribution in [1.29, 1.82) is 0 Å². The van der Waals surface area contributed by atoms with Gasteiger partial charge >= 0.3 is 5.97 Å². The fraction of sp³-hybridized carbons (Fsp3) is 0.167. The second-order valence-corrected chi connectivity index (χ2v) is 7.15. The third-order valence-corrected chi connectivity index (χ3v) is 5.26. The molecule has 128 valence electrons. The van der Waals surface area contributed by atoms with Crippen molar-refractivity contribution in [1.82, 2.24) is 4.98 Å². The standard InChI is InChI=1S/C18H16N2O3S2/c1-11-8-9-24-15(11)17(22)23-12(2)16(21)20-18-19-14(10-25-18)13-6-4-3-5-7-13/h3-10,12H,1-2H3,(H,19,20,21). The molecule has 3 rings (SSSR count). The highest BCUT2D eigenvalue weighted by Gasteiger charge is 2.21. The first-order chi connectivity index (χ1) is 12.0. The van der Waals surface area contributed by atoms with Gasteiger partial charge in [-0.3, -0.25) is 10.1 Å². The summed E-state index contributed by atoms with van der Waals surface area (Å²) in [5, 5.41) is 6.85. The first kappa shape index (κ1) is 17.3. The molecule has 1 amide bonds. The summed E-state index contributed by atoms with van der Waals surface area (Å²) in [6.07, 6.45) is -0.905. The summed E-state index contributed by atoms with van der Waals surface area (Å²) in [4.78, 5) is 29.2. The molecule has 0 saturated carbocycles. The van der Waals surface area contributed by atoms with Crippen LogP contribution in [-0.2, 0) is 9.53 Å². The van der Waals surface area contributed by atoms with Crippen molar-refractivity contribution in [3.05, 3.63) is 57.6 Å². The number of carbonyl (C=O) groups excluding carboxylic acids is 2. The highest BCUT2D eigenvalue weighted by atomic mass is 32.1. The van der Waals surface area contributed by atoms with E-state index in [2.05, 4.69) is 10.3 Å². The van der Waals surface area contributed by atoms with Crippen molar-refractivity contribution >= 4 is 39.7 Å². The number of ether oxygens (including phenoxy) is 1. The van der Waals surface area contributed by atoms with Crippen molar-refractivity contribution in [2.24, 2.45) is 0 Å². The van der Waals surface area contributed by atoms with Gasteiger partial charge in [-0.25, -0.2) is 9.78 Å². The van der Waals surface area contributed by atoms with Crippen LogP contribution in [0.3, 0.4) is 0 Å². The molecule has 0 saturated heterocycles. The Balaban J connectivity index is 1.61. The molecular weight excluding hydrogens is 356 g/mol. The lowest BCUT2D eigenvalue weighted by Crippen LogP contribution is -2.29. The van der Waals surface area contributed by atoms with E-state index in [0.29, 0.717) is 10.0 Å². The van der Waals surface area contributed by atoms with Crippen LogP contribution in [0.25, 0.3) is 11.3 Å². The zero-order valence-corrected chi connectivity index (χ0v) is 15.3. The maximum atomic E-state index is 12.2. The zero-order valence-electron chi connectivity index (χ0n) is 13.7. The quantitative estimate of drug-likeness (QED) is 0.676. The number of rotatable bonds is 5. The van der Waals surface area contributed by atoms with Crippen molar-refractivity contribution in [3.63, 3.8) is 0 Å². The summed E-state index contributed by atoms with van der Waals surface area (Å²) in [6.45, 7) is 3.38. The van der Waals surface area contributed by atoms with E-state index >= 15 is 0 Å². The smallest absolute Gasteiger partial charge is 0.349 e. The van der Waals surface area contributed by atoms with E-state index in [1.54, 1.807) is 6.92 Å². The Morgan fingerprint density at radius 3 is 2.60 bits per heavy atom. The number of nitrogens with zero attached hydrogens (tertiary/aromatic N) is 1. The van der Waals surface area contributed by atoms with Gasteiger partial charge in [-0.1, -0.05) is 30.3 Å². The van der Waals surface area contributed by atoms with Crippen molar-refractivity contribution in [2.75, 3.05) is 5.32 Å². The van der Waals surface area contributed by atoms with Crippen LogP contribution in [-0.4, -0.2) is 23.0 Å². The van der Waals surface area contributed by atoms with Crippen molar-refractivity contribution < 1.29 is 14.3 Å². The van der Waals surface area contributed by atoms with Gasteiger partial charge < -0.3 is 4.74 Å². The van der Waals surface area contributed by atoms with Gasteiger partial charge in [0, 0.05) is 10.9 Å². The molecule has 0 aliphatic heterocycles. The van der Waals surface area contributed by atoms with E-state index in [1.165, 1.54) is 22.7 Å². The number of esters is 1. The van der Waals surface area contributed by atoms with E-state index in [9.17, 15) is 9.59 Å². The highest BCUT2D eigenvalue weighted by Crippen LogP contribution is 2.25. The number of anilines is 1. The molecule has 2 aromatic heterocycles. The van der Waals surface area contributed by atoms with Gasteiger partial charge in [-0.05, 0) is 30.9 Å². The molecule has 5 nitrogen and oxygen atoms in total. The molecule has 1 aromatic carbocycles. The van der Waals surface area contributed by atoms with Gasteiger partial charge in [-0.15, -0.1) is 22.7 Å². The number of thiophene rings is 1. The van der Waals surface area contributed by atoms with E-state index in [1.807, 2.05) is 54.1 Å². The molecule has 1 N–H and O–H groups in total. The topological polar surface area (TPSA) is 68.3 Å². The lowest BCUT2D eigenvalue weighted by Gasteiger charge is -2.12. The summed E-state index contributed by atoms with van der Waals surface area (Å²) < 4.78 is 5.24. The Morgan fingerprint density at radius 2 is 1.92 bits per heavy atom. The minimum atomic E-state index is -0.905. The number of thiazole rings is 1. The number of benzene rings is 1. The van der Waals surface area contributed by atoms with Crippen LogP contribution in [0.2, 0.25) is 0 Å². The van der Waals surface area contributed by atoms with Gasteiger partial charge in [0.1, 0.15) is 4.88 Å². The Labute approximate surface area is 153 Å². The molecule has 1 unspecified atom stereocenters. The second kappa shape index (κ2) is 7.58. The summed E-state index contributed by atoms with van der Waals surface area (Å²) in [5.41, 5.74) is 2.61. The van der Waals surface area contributed by atoms with Crippen LogP contribution in [0.5, 0.6) is 0 Å². The van der Waals surface area contributed by atoms with Gasteiger partial charge in [0.2, 0.25) is 0 Å². The number of amides is 1. The average molecular weight is 372 g/mol. The van der Waals surface area contributed by atoms with Gasteiger partial charge in [0.25, 0.3) is 5.91 Å². The molecule has 0 spiro atoms. The number of aryl methyl sites for hydroxylation is 1. The minimum Gasteiger partial charge on any atom is -0.448 e. The SMILES string of the molecule is Cc1ccsc1C(=O)OC(C)C(=O)Nc1nc(-c2ccccc2)cs1. The fourth-order valence-corrected chi connectivity index (χ4v) is 3.66. The van der Waals surface area contributed by atoms with Crippen molar-refractivity contribution in [3.8, 4) is 11.3 Å². The number of aromatic nitrogens is 1. The molecule has 7 heteroatoms. The molecule has 2 heterocycles. The van der Waals surface area contributed by atoms with E-state index in [-0.39, 0.29) is 0 Å². The Hall–Kier alpha value is -2.51. The van der Waals surface area contributed by atoms with Crippen LogP contribution < -0.4 is 5.32 Å². The van der Waals surface area contributed by atoms with E-state index in [0.717, 1.165) is 16.8 Å². The minimum absolute atomic E-state index is 0.406. The molecule has 0 radical (unpaired) electrons. The van der Waals surface area contributed by atoms with Crippen LogP contribution in [0, 0.1) is 6.92 Å².